The molecule has 0 radical (unpaired) electrons. The van der Waals surface area contributed by atoms with E-state index >= 15 is 0 Å². The summed E-state index contributed by atoms with van der Waals surface area (Å²) in [6.45, 7) is 3.88. The molecule has 0 aliphatic carbocycles. The first-order valence-corrected chi connectivity index (χ1v) is 4.93. The molecule has 0 saturated carbocycles. The topological polar surface area (TPSA) is 52.8 Å². The van der Waals surface area contributed by atoms with E-state index in [1.807, 2.05) is 6.07 Å². The summed E-state index contributed by atoms with van der Waals surface area (Å²) in [7, 11) is 0. The van der Waals surface area contributed by atoms with E-state index in [1.54, 1.807) is 12.3 Å². The van der Waals surface area contributed by atoms with Crippen LogP contribution in [-0.2, 0) is 0 Å². The van der Waals surface area contributed by atoms with Crippen molar-refractivity contribution < 1.29 is 0 Å². The first-order valence-electron chi connectivity index (χ1n) is 4.93. The SMILES string of the molecule is CC1=CCCN(c2nccc(C#N)n2)C1. The van der Waals surface area contributed by atoms with Gasteiger partial charge in [-0.05, 0) is 19.4 Å². The highest BCUT2D eigenvalue weighted by molar-refractivity contribution is 5.37. The van der Waals surface area contributed by atoms with Gasteiger partial charge in [-0.15, -0.1) is 0 Å². The summed E-state index contributed by atoms with van der Waals surface area (Å²) in [5.41, 5.74) is 1.75. The van der Waals surface area contributed by atoms with Gasteiger partial charge in [0.15, 0.2) is 0 Å². The fraction of sp³-hybridized carbons (Fsp3) is 0.364. The fourth-order valence-electron chi connectivity index (χ4n) is 1.65. The van der Waals surface area contributed by atoms with Crippen molar-refractivity contribution in [1.82, 2.24) is 9.97 Å². The van der Waals surface area contributed by atoms with Gasteiger partial charge in [0.05, 0.1) is 0 Å². The van der Waals surface area contributed by atoms with Crippen molar-refractivity contribution >= 4 is 5.95 Å². The molecule has 15 heavy (non-hydrogen) atoms. The predicted octanol–water partition coefficient (Wildman–Crippen LogP) is 1.50. The molecule has 4 nitrogen and oxygen atoms in total. The highest BCUT2D eigenvalue weighted by Gasteiger charge is 2.13. The lowest BCUT2D eigenvalue weighted by Crippen LogP contribution is -2.30. The van der Waals surface area contributed by atoms with Gasteiger partial charge >= 0.3 is 0 Å². The maximum atomic E-state index is 8.74. The summed E-state index contributed by atoms with van der Waals surface area (Å²) >= 11 is 0. The van der Waals surface area contributed by atoms with Crippen LogP contribution in [0.2, 0.25) is 0 Å². The minimum Gasteiger partial charge on any atom is -0.336 e. The molecule has 76 valence electrons. The zero-order valence-corrected chi connectivity index (χ0v) is 8.64. The van der Waals surface area contributed by atoms with Crippen LogP contribution in [0.5, 0.6) is 0 Å². The zero-order chi connectivity index (χ0) is 10.7. The van der Waals surface area contributed by atoms with Crippen LogP contribution in [0.15, 0.2) is 23.9 Å². The number of nitrogens with zero attached hydrogens (tertiary/aromatic N) is 4. The number of hydrogen-bond acceptors (Lipinski definition) is 4. The van der Waals surface area contributed by atoms with E-state index in [0.29, 0.717) is 11.6 Å². The van der Waals surface area contributed by atoms with E-state index in [9.17, 15) is 0 Å². The third-order valence-corrected chi connectivity index (χ3v) is 2.37. The van der Waals surface area contributed by atoms with Gasteiger partial charge in [0.25, 0.3) is 0 Å². The normalized spacial score (nSPS) is 15.7. The van der Waals surface area contributed by atoms with Gasteiger partial charge in [-0.2, -0.15) is 5.26 Å². The minimum absolute atomic E-state index is 0.423. The number of rotatable bonds is 1. The van der Waals surface area contributed by atoms with Crippen LogP contribution in [-0.4, -0.2) is 23.1 Å². The summed E-state index contributed by atoms with van der Waals surface area (Å²) in [5.74, 6) is 0.654. The summed E-state index contributed by atoms with van der Waals surface area (Å²) in [6, 6.07) is 3.65. The maximum Gasteiger partial charge on any atom is 0.226 e. The highest BCUT2D eigenvalue weighted by Crippen LogP contribution is 2.14. The Morgan fingerprint density at radius 1 is 1.53 bits per heavy atom. The lowest BCUT2D eigenvalue weighted by molar-refractivity contribution is 0.760. The number of anilines is 1. The van der Waals surface area contributed by atoms with Gasteiger partial charge in [-0.1, -0.05) is 11.6 Å². The second kappa shape index (κ2) is 4.09. The molecule has 1 aliphatic rings. The zero-order valence-electron chi connectivity index (χ0n) is 8.64. The molecule has 0 bridgehead atoms. The van der Waals surface area contributed by atoms with E-state index < -0.39 is 0 Å². The quantitative estimate of drug-likeness (QED) is 0.645. The van der Waals surface area contributed by atoms with E-state index in [2.05, 4.69) is 27.9 Å². The molecule has 4 heteroatoms. The number of hydrogen-bond donors (Lipinski definition) is 0. The van der Waals surface area contributed by atoms with Gasteiger partial charge in [0, 0.05) is 19.3 Å². The molecular formula is C11H12N4. The average molecular weight is 200 g/mol. The van der Waals surface area contributed by atoms with E-state index in [-0.39, 0.29) is 0 Å². The molecule has 0 amide bonds. The second-order valence-corrected chi connectivity index (χ2v) is 3.61. The summed E-state index contributed by atoms with van der Waals surface area (Å²) < 4.78 is 0. The molecule has 0 fully saturated rings. The molecule has 0 saturated heterocycles. The van der Waals surface area contributed by atoms with Crippen LogP contribution in [0.1, 0.15) is 19.0 Å². The lowest BCUT2D eigenvalue weighted by atomic mass is 10.1. The van der Waals surface area contributed by atoms with Gasteiger partial charge in [-0.25, -0.2) is 9.97 Å². The Morgan fingerprint density at radius 2 is 2.40 bits per heavy atom. The van der Waals surface area contributed by atoms with Crippen molar-refractivity contribution in [3.8, 4) is 6.07 Å². The molecule has 0 N–H and O–H groups in total. The Kier molecular flexibility index (Phi) is 2.64. The average Bonchev–Trinajstić information content (AvgIpc) is 2.29. The molecule has 0 aromatic carbocycles. The van der Waals surface area contributed by atoms with Gasteiger partial charge in [0.1, 0.15) is 11.8 Å². The fourth-order valence-corrected chi connectivity index (χ4v) is 1.65. The summed E-state index contributed by atoms with van der Waals surface area (Å²) in [6.07, 6.45) is 4.88. The van der Waals surface area contributed by atoms with Crippen molar-refractivity contribution in [3.63, 3.8) is 0 Å². The minimum atomic E-state index is 0.423. The van der Waals surface area contributed by atoms with Crippen molar-refractivity contribution in [3.05, 3.63) is 29.6 Å². The first-order chi connectivity index (χ1) is 7.29. The molecule has 0 unspecified atom stereocenters. The molecule has 0 spiro atoms. The Hall–Kier alpha value is -1.89. The Morgan fingerprint density at radius 3 is 3.13 bits per heavy atom. The van der Waals surface area contributed by atoms with E-state index in [4.69, 9.17) is 5.26 Å². The first kappa shape index (κ1) is 9.66. The van der Waals surface area contributed by atoms with Crippen LogP contribution < -0.4 is 4.90 Å². The smallest absolute Gasteiger partial charge is 0.226 e. The van der Waals surface area contributed by atoms with E-state index in [0.717, 1.165) is 19.5 Å². The Bertz CT molecular complexity index is 430. The Labute approximate surface area is 88.9 Å². The standard InChI is InChI=1S/C11H12N4/c1-9-3-2-6-15(8-9)11-13-5-4-10(7-12)14-11/h3-5H,2,6,8H2,1H3. The lowest BCUT2D eigenvalue weighted by Gasteiger charge is -2.25. The van der Waals surface area contributed by atoms with Crippen molar-refractivity contribution in [2.45, 2.75) is 13.3 Å². The van der Waals surface area contributed by atoms with Gasteiger partial charge in [-0.3, -0.25) is 0 Å². The highest BCUT2D eigenvalue weighted by atomic mass is 15.2. The Balaban J connectivity index is 2.23. The van der Waals surface area contributed by atoms with Crippen LogP contribution in [0.4, 0.5) is 5.95 Å². The van der Waals surface area contributed by atoms with Crippen molar-refractivity contribution in [2.75, 3.05) is 18.0 Å². The predicted molar refractivity (Wildman–Crippen MR) is 57.3 cm³/mol. The molecule has 1 aromatic rings. The van der Waals surface area contributed by atoms with Crippen molar-refractivity contribution in [2.24, 2.45) is 0 Å². The van der Waals surface area contributed by atoms with Gasteiger partial charge in [0.2, 0.25) is 5.95 Å². The molecule has 1 aromatic heterocycles. The van der Waals surface area contributed by atoms with Gasteiger partial charge < -0.3 is 4.90 Å². The van der Waals surface area contributed by atoms with Crippen LogP contribution >= 0.6 is 0 Å². The molecule has 2 heterocycles. The summed E-state index contributed by atoms with van der Waals surface area (Å²) in [4.78, 5) is 10.5. The van der Waals surface area contributed by atoms with Crippen LogP contribution in [0, 0.1) is 11.3 Å². The second-order valence-electron chi connectivity index (χ2n) is 3.61. The maximum absolute atomic E-state index is 8.74. The third kappa shape index (κ3) is 2.13. The van der Waals surface area contributed by atoms with E-state index in [1.165, 1.54) is 5.57 Å². The molecule has 1 aliphatic heterocycles. The number of aromatic nitrogens is 2. The largest absolute Gasteiger partial charge is 0.336 e. The number of nitriles is 1. The molecule has 2 rings (SSSR count). The van der Waals surface area contributed by atoms with Crippen molar-refractivity contribution in [1.29, 1.82) is 5.26 Å². The summed E-state index contributed by atoms with van der Waals surface area (Å²) in [5, 5.41) is 8.74. The third-order valence-electron chi connectivity index (χ3n) is 2.37. The van der Waals surface area contributed by atoms with Crippen LogP contribution in [0.25, 0.3) is 0 Å². The molecular weight excluding hydrogens is 188 g/mol. The monoisotopic (exact) mass is 200 g/mol. The molecule has 0 atom stereocenters. The van der Waals surface area contributed by atoms with Crippen LogP contribution in [0.3, 0.4) is 0 Å².